The van der Waals surface area contributed by atoms with Gasteiger partial charge in [0.1, 0.15) is 0 Å². The monoisotopic (exact) mass is 339 g/mol. The average molecular weight is 339 g/mol. The first kappa shape index (κ1) is 16.4. The standard InChI is InChI=1S/C16H16F3N3O2/c1-21(13-4-9-5-14(13)22(8-9)15(23)24)11-3-2-10(7-20)12(6-11)16(17,18)19/h2-3,6,9,13-14H,4-5,8H2,1H3,(H,23,24). The number of carboxylic acid groups (broad SMARTS) is 1. The van der Waals surface area contributed by atoms with Gasteiger partial charge in [0.05, 0.1) is 23.2 Å². The molecular weight excluding hydrogens is 323 g/mol. The zero-order chi connectivity index (χ0) is 17.6. The molecule has 1 heterocycles. The molecule has 128 valence electrons. The molecule has 3 unspecified atom stereocenters. The van der Waals surface area contributed by atoms with E-state index in [0.29, 0.717) is 12.2 Å². The van der Waals surface area contributed by atoms with Gasteiger partial charge in [-0.25, -0.2) is 4.79 Å². The highest BCUT2D eigenvalue weighted by atomic mass is 19.4. The molecule has 0 spiro atoms. The van der Waals surface area contributed by atoms with Gasteiger partial charge in [-0.05, 0) is 37.0 Å². The summed E-state index contributed by atoms with van der Waals surface area (Å²) in [6.45, 7) is 0.492. The van der Waals surface area contributed by atoms with Gasteiger partial charge in [0.15, 0.2) is 0 Å². The Morgan fingerprint density at radius 2 is 2.12 bits per heavy atom. The number of likely N-dealkylation sites (N-methyl/N-ethyl adjacent to an activating group) is 1. The minimum Gasteiger partial charge on any atom is -0.465 e. The van der Waals surface area contributed by atoms with Crippen molar-refractivity contribution in [2.24, 2.45) is 5.92 Å². The number of benzene rings is 1. The van der Waals surface area contributed by atoms with Crippen molar-refractivity contribution in [3.05, 3.63) is 29.3 Å². The van der Waals surface area contributed by atoms with E-state index in [2.05, 4.69) is 0 Å². The van der Waals surface area contributed by atoms with Gasteiger partial charge >= 0.3 is 12.3 Å². The number of fused-ring (bicyclic) bond motifs is 2. The highest BCUT2D eigenvalue weighted by Gasteiger charge is 2.48. The number of anilines is 1. The number of hydrogen-bond acceptors (Lipinski definition) is 3. The molecule has 2 bridgehead atoms. The summed E-state index contributed by atoms with van der Waals surface area (Å²) < 4.78 is 39.4. The van der Waals surface area contributed by atoms with Crippen molar-refractivity contribution >= 4 is 11.8 Å². The summed E-state index contributed by atoms with van der Waals surface area (Å²) in [6.07, 6.45) is -4.10. The molecule has 1 saturated carbocycles. The molecule has 1 saturated heterocycles. The van der Waals surface area contributed by atoms with Gasteiger partial charge in [0, 0.05) is 25.3 Å². The minimum absolute atomic E-state index is 0.158. The number of hydrogen-bond donors (Lipinski definition) is 1. The normalized spacial score (nSPS) is 25.6. The number of nitriles is 1. The van der Waals surface area contributed by atoms with Crippen LogP contribution in [0.5, 0.6) is 0 Å². The summed E-state index contributed by atoms with van der Waals surface area (Å²) in [4.78, 5) is 14.4. The summed E-state index contributed by atoms with van der Waals surface area (Å²) in [6, 6.07) is 4.81. The largest absolute Gasteiger partial charge is 0.465 e. The van der Waals surface area contributed by atoms with Crippen molar-refractivity contribution in [1.82, 2.24) is 4.90 Å². The first-order valence-electron chi connectivity index (χ1n) is 7.56. The molecule has 0 radical (unpaired) electrons. The smallest absolute Gasteiger partial charge is 0.417 e. The SMILES string of the molecule is CN(c1ccc(C#N)c(C(F)(F)F)c1)C1CC2CC1N(C(=O)O)C2. The van der Waals surface area contributed by atoms with Crippen molar-refractivity contribution in [3.63, 3.8) is 0 Å². The molecule has 2 fully saturated rings. The lowest BCUT2D eigenvalue weighted by Crippen LogP contribution is -2.50. The van der Waals surface area contributed by atoms with Gasteiger partial charge in [-0.1, -0.05) is 0 Å². The van der Waals surface area contributed by atoms with E-state index in [4.69, 9.17) is 5.26 Å². The maximum Gasteiger partial charge on any atom is 0.417 e. The van der Waals surface area contributed by atoms with E-state index in [-0.39, 0.29) is 18.0 Å². The molecule has 3 atom stereocenters. The van der Waals surface area contributed by atoms with Crippen LogP contribution in [0.4, 0.5) is 23.7 Å². The second-order valence-electron chi connectivity index (χ2n) is 6.36. The van der Waals surface area contributed by atoms with Crippen molar-refractivity contribution in [1.29, 1.82) is 5.26 Å². The lowest BCUT2D eigenvalue weighted by Gasteiger charge is -2.38. The fraction of sp³-hybridized carbons (Fsp3) is 0.500. The van der Waals surface area contributed by atoms with E-state index in [1.807, 2.05) is 0 Å². The molecular formula is C16H16F3N3O2. The number of likely N-dealkylation sites (tertiary alicyclic amines) is 1. The van der Waals surface area contributed by atoms with Gasteiger partial charge < -0.3 is 14.9 Å². The Kier molecular flexibility index (Phi) is 3.82. The number of carbonyl (C=O) groups is 1. The van der Waals surface area contributed by atoms with E-state index in [9.17, 15) is 23.1 Å². The third-order valence-corrected chi connectivity index (χ3v) is 5.03. The van der Waals surface area contributed by atoms with Gasteiger partial charge in [0.25, 0.3) is 0 Å². The predicted molar refractivity (Wildman–Crippen MR) is 79.6 cm³/mol. The molecule has 8 heteroatoms. The van der Waals surface area contributed by atoms with Gasteiger partial charge in [-0.3, -0.25) is 0 Å². The fourth-order valence-electron chi connectivity index (χ4n) is 3.90. The van der Waals surface area contributed by atoms with Crippen LogP contribution in [0.15, 0.2) is 18.2 Å². The van der Waals surface area contributed by atoms with Crippen LogP contribution >= 0.6 is 0 Å². The maximum atomic E-state index is 13.1. The molecule has 1 aromatic rings. The van der Waals surface area contributed by atoms with Gasteiger partial charge in [0.2, 0.25) is 0 Å². The zero-order valence-electron chi connectivity index (χ0n) is 12.9. The molecule has 1 aromatic carbocycles. The molecule has 1 amide bonds. The van der Waals surface area contributed by atoms with Crippen molar-refractivity contribution in [3.8, 4) is 6.07 Å². The van der Waals surface area contributed by atoms with E-state index in [0.717, 1.165) is 25.0 Å². The molecule has 1 aliphatic carbocycles. The highest BCUT2D eigenvalue weighted by molar-refractivity contribution is 5.67. The zero-order valence-corrected chi connectivity index (χ0v) is 12.9. The fourth-order valence-corrected chi connectivity index (χ4v) is 3.90. The Bertz CT molecular complexity index is 713. The van der Waals surface area contributed by atoms with Crippen LogP contribution in [0.3, 0.4) is 0 Å². The predicted octanol–water partition coefficient (Wildman–Crippen LogP) is 3.15. The van der Waals surface area contributed by atoms with E-state index in [1.165, 1.54) is 11.0 Å². The molecule has 3 rings (SSSR count). The van der Waals surface area contributed by atoms with Crippen LogP contribution in [0.1, 0.15) is 24.0 Å². The van der Waals surface area contributed by atoms with E-state index < -0.39 is 23.4 Å². The first-order chi connectivity index (χ1) is 11.2. The Morgan fingerprint density at radius 1 is 1.42 bits per heavy atom. The van der Waals surface area contributed by atoms with Crippen LogP contribution in [0.2, 0.25) is 0 Å². The molecule has 0 aromatic heterocycles. The second-order valence-corrected chi connectivity index (χ2v) is 6.36. The van der Waals surface area contributed by atoms with Gasteiger partial charge in [-0.15, -0.1) is 0 Å². The first-order valence-corrected chi connectivity index (χ1v) is 7.56. The Labute approximate surface area is 136 Å². The highest BCUT2D eigenvalue weighted by Crippen LogP contribution is 2.42. The molecule has 1 aliphatic heterocycles. The maximum absolute atomic E-state index is 13.1. The van der Waals surface area contributed by atoms with Crippen LogP contribution in [0.25, 0.3) is 0 Å². The second kappa shape index (κ2) is 5.58. The summed E-state index contributed by atoms with van der Waals surface area (Å²) in [7, 11) is 1.67. The number of alkyl halides is 3. The Hall–Kier alpha value is -2.43. The quantitative estimate of drug-likeness (QED) is 0.899. The minimum atomic E-state index is -4.61. The lowest BCUT2D eigenvalue weighted by molar-refractivity contribution is -0.137. The van der Waals surface area contributed by atoms with Crippen LogP contribution < -0.4 is 4.90 Å². The molecule has 2 aliphatic rings. The summed E-state index contributed by atoms with van der Waals surface area (Å²) >= 11 is 0. The van der Waals surface area contributed by atoms with Crippen molar-refractivity contribution < 1.29 is 23.1 Å². The van der Waals surface area contributed by atoms with Crippen molar-refractivity contribution in [2.45, 2.75) is 31.1 Å². The third-order valence-electron chi connectivity index (χ3n) is 5.03. The Balaban J connectivity index is 1.90. The summed E-state index contributed by atoms with van der Waals surface area (Å²) in [5.41, 5.74) is -1.04. The summed E-state index contributed by atoms with van der Waals surface area (Å²) in [5, 5.41) is 18.1. The number of piperidine rings is 1. The Morgan fingerprint density at radius 3 is 2.67 bits per heavy atom. The van der Waals surface area contributed by atoms with Crippen molar-refractivity contribution in [2.75, 3.05) is 18.5 Å². The van der Waals surface area contributed by atoms with Crippen LogP contribution in [0, 0.1) is 17.2 Å². The third kappa shape index (κ3) is 2.64. The lowest BCUT2D eigenvalue weighted by atomic mass is 10.0. The number of nitrogens with zero attached hydrogens (tertiary/aromatic N) is 3. The number of halogens is 3. The van der Waals surface area contributed by atoms with Crippen LogP contribution in [-0.2, 0) is 6.18 Å². The average Bonchev–Trinajstić information content (AvgIpc) is 3.13. The van der Waals surface area contributed by atoms with Gasteiger partial charge in [-0.2, -0.15) is 18.4 Å². The number of amides is 1. The molecule has 5 nitrogen and oxygen atoms in total. The van der Waals surface area contributed by atoms with Crippen LogP contribution in [-0.4, -0.2) is 41.8 Å². The molecule has 24 heavy (non-hydrogen) atoms. The molecule has 1 N–H and O–H groups in total. The van der Waals surface area contributed by atoms with E-state index in [1.54, 1.807) is 18.0 Å². The number of rotatable bonds is 2. The summed E-state index contributed by atoms with van der Waals surface area (Å²) in [5.74, 6) is 0.249. The topological polar surface area (TPSA) is 67.6 Å². The van der Waals surface area contributed by atoms with E-state index >= 15 is 0 Å².